The number of hydrogen-bond donors (Lipinski definition) is 2. The Morgan fingerprint density at radius 1 is 1.05 bits per heavy atom. The summed E-state index contributed by atoms with van der Waals surface area (Å²) in [6.45, 7) is 2.33. The van der Waals surface area contributed by atoms with Crippen molar-refractivity contribution in [1.82, 2.24) is 0 Å². The number of unbranched alkanes of at least 4 members (excludes halogenated alkanes) is 4. The van der Waals surface area contributed by atoms with Crippen molar-refractivity contribution >= 4 is 0 Å². The highest BCUT2D eigenvalue weighted by molar-refractivity contribution is 5.23. The van der Waals surface area contributed by atoms with Gasteiger partial charge in [0.25, 0.3) is 0 Å². The maximum atomic E-state index is 13.2. The summed E-state index contributed by atoms with van der Waals surface area (Å²) in [5.74, 6) is -1.67. The van der Waals surface area contributed by atoms with Gasteiger partial charge < -0.3 is 10.8 Å². The minimum absolute atomic E-state index is 0.180. The van der Waals surface area contributed by atoms with E-state index in [-0.39, 0.29) is 6.54 Å². The lowest BCUT2D eigenvalue weighted by Crippen LogP contribution is -2.26. The Morgan fingerprint density at radius 3 is 2.20 bits per heavy atom. The van der Waals surface area contributed by atoms with Crippen LogP contribution in [0.25, 0.3) is 0 Å². The van der Waals surface area contributed by atoms with Crippen LogP contribution in [0, 0.1) is 11.6 Å². The van der Waals surface area contributed by atoms with E-state index in [2.05, 4.69) is 6.92 Å². The van der Waals surface area contributed by atoms with E-state index in [9.17, 15) is 13.9 Å². The Kier molecular flexibility index (Phi) is 7.70. The van der Waals surface area contributed by atoms with Crippen LogP contribution < -0.4 is 5.73 Å². The molecular formula is C16H25F2NO. The standard InChI is InChI=1S/C16H25F2NO/c1-2-3-4-5-6-7-16(20)15(11-19)12-8-13(17)10-14(18)9-12/h8-10,15-16,20H,2-7,11,19H2,1H3. The Balaban J connectivity index is 2.55. The summed E-state index contributed by atoms with van der Waals surface area (Å²) in [7, 11) is 0. The van der Waals surface area contributed by atoms with Crippen LogP contribution in [0.15, 0.2) is 18.2 Å². The third-order valence-electron chi connectivity index (χ3n) is 3.63. The first-order chi connectivity index (χ1) is 9.58. The zero-order valence-electron chi connectivity index (χ0n) is 12.1. The molecule has 0 aliphatic rings. The molecule has 114 valence electrons. The molecule has 1 aromatic rings. The molecule has 2 nitrogen and oxygen atoms in total. The lowest BCUT2D eigenvalue weighted by molar-refractivity contribution is 0.132. The van der Waals surface area contributed by atoms with Gasteiger partial charge in [0.2, 0.25) is 0 Å². The van der Waals surface area contributed by atoms with E-state index in [0.717, 1.165) is 25.3 Å². The van der Waals surface area contributed by atoms with Gasteiger partial charge in [0.05, 0.1) is 6.10 Å². The van der Waals surface area contributed by atoms with Gasteiger partial charge >= 0.3 is 0 Å². The van der Waals surface area contributed by atoms with Gasteiger partial charge in [-0.3, -0.25) is 0 Å². The van der Waals surface area contributed by atoms with Gasteiger partial charge in [0, 0.05) is 18.5 Å². The molecule has 0 aromatic heterocycles. The van der Waals surface area contributed by atoms with Crippen molar-refractivity contribution in [2.45, 2.75) is 57.5 Å². The summed E-state index contributed by atoms with van der Waals surface area (Å²) in [6.07, 6.45) is 5.48. The predicted molar refractivity (Wildman–Crippen MR) is 77.5 cm³/mol. The van der Waals surface area contributed by atoms with Crippen molar-refractivity contribution < 1.29 is 13.9 Å². The van der Waals surface area contributed by atoms with Gasteiger partial charge in [-0.05, 0) is 24.1 Å². The molecule has 0 spiro atoms. The fourth-order valence-corrected chi connectivity index (χ4v) is 2.46. The molecule has 2 unspecified atom stereocenters. The molecule has 20 heavy (non-hydrogen) atoms. The maximum absolute atomic E-state index is 13.2. The quantitative estimate of drug-likeness (QED) is 0.679. The van der Waals surface area contributed by atoms with Crippen molar-refractivity contribution in [1.29, 1.82) is 0 Å². The van der Waals surface area contributed by atoms with Crippen molar-refractivity contribution in [3.63, 3.8) is 0 Å². The van der Waals surface area contributed by atoms with Crippen molar-refractivity contribution in [3.8, 4) is 0 Å². The van der Waals surface area contributed by atoms with E-state index in [0.29, 0.717) is 12.0 Å². The Morgan fingerprint density at radius 2 is 1.65 bits per heavy atom. The van der Waals surface area contributed by atoms with Gasteiger partial charge in [-0.2, -0.15) is 0 Å². The van der Waals surface area contributed by atoms with Gasteiger partial charge in [-0.15, -0.1) is 0 Å². The lowest BCUT2D eigenvalue weighted by atomic mass is 9.90. The second kappa shape index (κ2) is 9.03. The summed E-state index contributed by atoms with van der Waals surface area (Å²) in [4.78, 5) is 0. The predicted octanol–water partition coefficient (Wildman–Crippen LogP) is 3.73. The third kappa shape index (κ3) is 5.55. The van der Waals surface area contributed by atoms with Crippen LogP contribution in [0.3, 0.4) is 0 Å². The summed E-state index contributed by atoms with van der Waals surface area (Å²) in [5.41, 5.74) is 6.09. The smallest absolute Gasteiger partial charge is 0.126 e. The molecule has 0 aliphatic heterocycles. The normalized spacial score (nSPS) is 14.2. The second-order valence-corrected chi connectivity index (χ2v) is 5.32. The summed E-state index contributed by atoms with van der Waals surface area (Å²) in [6, 6.07) is 3.33. The fraction of sp³-hybridized carbons (Fsp3) is 0.625. The topological polar surface area (TPSA) is 46.2 Å². The van der Waals surface area contributed by atoms with E-state index in [4.69, 9.17) is 5.73 Å². The number of halogens is 2. The molecular weight excluding hydrogens is 260 g/mol. The molecule has 1 aromatic carbocycles. The molecule has 0 amide bonds. The van der Waals surface area contributed by atoms with Crippen LogP contribution in [0.1, 0.15) is 56.9 Å². The van der Waals surface area contributed by atoms with E-state index in [1.165, 1.54) is 25.0 Å². The molecule has 0 saturated carbocycles. The van der Waals surface area contributed by atoms with Gasteiger partial charge in [0.1, 0.15) is 11.6 Å². The number of rotatable bonds is 9. The summed E-state index contributed by atoms with van der Waals surface area (Å²) in [5, 5.41) is 10.2. The summed E-state index contributed by atoms with van der Waals surface area (Å²) < 4.78 is 26.4. The summed E-state index contributed by atoms with van der Waals surface area (Å²) >= 11 is 0. The second-order valence-electron chi connectivity index (χ2n) is 5.32. The first-order valence-corrected chi connectivity index (χ1v) is 7.42. The Bertz CT molecular complexity index is 378. The molecule has 0 aliphatic carbocycles. The molecule has 0 radical (unpaired) electrons. The average molecular weight is 285 g/mol. The highest BCUT2D eigenvalue weighted by Crippen LogP contribution is 2.24. The third-order valence-corrected chi connectivity index (χ3v) is 3.63. The van der Waals surface area contributed by atoms with Gasteiger partial charge in [-0.1, -0.05) is 39.0 Å². The van der Waals surface area contributed by atoms with E-state index < -0.39 is 23.7 Å². The first-order valence-electron chi connectivity index (χ1n) is 7.42. The number of aliphatic hydroxyl groups excluding tert-OH is 1. The number of benzene rings is 1. The molecule has 0 fully saturated rings. The van der Waals surface area contributed by atoms with E-state index >= 15 is 0 Å². The van der Waals surface area contributed by atoms with Crippen LogP contribution >= 0.6 is 0 Å². The fourth-order valence-electron chi connectivity index (χ4n) is 2.46. The van der Waals surface area contributed by atoms with Crippen LogP contribution in [-0.4, -0.2) is 17.8 Å². The van der Waals surface area contributed by atoms with Gasteiger partial charge in [-0.25, -0.2) is 8.78 Å². The molecule has 2 atom stereocenters. The number of nitrogens with two attached hydrogens (primary N) is 1. The minimum Gasteiger partial charge on any atom is -0.392 e. The zero-order chi connectivity index (χ0) is 15.0. The van der Waals surface area contributed by atoms with Crippen molar-refractivity contribution in [2.24, 2.45) is 5.73 Å². The van der Waals surface area contributed by atoms with E-state index in [1.54, 1.807) is 0 Å². The molecule has 0 heterocycles. The first kappa shape index (κ1) is 17.1. The average Bonchev–Trinajstić information content (AvgIpc) is 2.38. The molecule has 1 rings (SSSR count). The van der Waals surface area contributed by atoms with Crippen LogP contribution in [0.2, 0.25) is 0 Å². The lowest BCUT2D eigenvalue weighted by Gasteiger charge is -2.22. The molecule has 3 N–H and O–H groups in total. The van der Waals surface area contributed by atoms with E-state index in [1.807, 2.05) is 0 Å². The van der Waals surface area contributed by atoms with Crippen molar-refractivity contribution in [2.75, 3.05) is 6.54 Å². The number of hydrogen-bond acceptors (Lipinski definition) is 2. The zero-order valence-corrected chi connectivity index (χ0v) is 12.1. The van der Waals surface area contributed by atoms with Crippen LogP contribution in [0.4, 0.5) is 8.78 Å². The maximum Gasteiger partial charge on any atom is 0.126 e. The SMILES string of the molecule is CCCCCCCC(O)C(CN)c1cc(F)cc(F)c1. The van der Waals surface area contributed by atoms with Crippen LogP contribution in [0.5, 0.6) is 0 Å². The van der Waals surface area contributed by atoms with Gasteiger partial charge in [0.15, 0.2) is 0 Å². The Hall–Kier alpha value is -1.00. The monoisotopic (exact) mass is 285 g/mol. The Labute approximate surface area is 120 Å². The molecule has 0 bridgehead atoms. The molecule has 0 saturated heterocycles. The highest BCUT2D eigenvalue weighted by atomic mass is 19.1. The minimum atomic E-state index is -0.650. The number of aliphatic hydroxyl groups is 1. The van der Waals surface area contributed by atoms with Crippen molar-refractivity contribution in [3.05, 3.63) is 35.4 Å². The highest BCUT2D eigenvalue weighted by Gasteiger charge is 2.20. The van der Waals surface area contributed by atoms with Crippen LogP contribution in [-0.2, 0) is 0 Å². The molecule has 4 heteroatoms. The largest absolute Gasteiger partial charge is 0.392 e.